The molecule has 0 fully saturated rings. The number of rotatable bonds is 15. The average Bonchev–Trinajstić information content (AvgIpc) is 4.20. The average molecular weight is 1200 g/mol. The quantitative estimate of drug-likeness (QED) is 0.0190. The summed E-state index contributed by atoms with van der Waals surface area (Å²) in [6.07, 6.45) is 0. The van der Waals surface area contributed by atoms with Crippen LogP contribution < -0.4 is 59.9 Å². The number of halogens is 1. The van der Waals surface area contributed by atoms with Gasteiger partial charge in [0.15, 0.2) is 0 Å². The van der Waals surface area contributed by atoms with Crippen LogP contribution >= 0.6 is 0 Å². The van der Waals surface area contributed by atoms with Gasteiger partial charge in [0.1, 0.15) is 34.2 Å². The fourth-order valence-electron chi connectivity index (χ4n) is 7.20. The summed E-state index contributed by atoms with van der Waals surface area (Å²) in [5.74, 6) is -0.0792. The molecule has 0 bridgehead atoms. The maximum atomic E-state index is 12.8. The Morgan fingerprint density at radius 1 is 0.477 bits per heavy atom. The van der Waals surface area contributed by atoms with Gasteiger partial charge in [0, 0.05) is 29.2 Å². The van der Waals surface area contributed by atoms with Gasteiger partial charge in [0.25, 0.3) is 5.69 Å². The Labute approximate surface area is 514 Å². The second-order valence-corrected chi connectivity index (χ2v) is 17.1. The van der Waals surface area contributed by atoms with E-state index in [9.17, 15) is 43.8 Å². The summed E-state index contributed by atoms with van der Waals surface area (Å²) >= 11 is 0. The molecule has 9 aromatic rings. The number of esters is 4. The normalized spacial score (nSPS) is 9.69. The van der Waals surface area contributed by atoms with Gasteiger partial charge in [0.2, 0.25) is 5.82 Å². The van der Waals surface area contributed by atoms with E-state index in [1.165, 1.54) is 39.5 Å². The van der Waals surface area contributed by atoms with Crippen LogP contribution in [-0.4, -0.2) is 111 Å². The van der Waals surface area contributed by atoms with Crippen molar-refractivity contribution in [1.29, 1.82) is 0 Å². The summed E-state index contributed by atoms with van der Waals surface area (Å²) in [5, 5.41) is 35.8. The Bertz CT molecular complexity index is 3780. The predicted molar refractivity (Wildman–Crippen MR) is 320 cm³/mol. The van der Waals surface area contributed by atoms with Gasteiger partial charge in [-0.2, -0.15) is 4.39 Å². The number of nitro groups is 2. The number of ether oxygens (including phenoxy) is 8. The van der Waals surface area contributed by atoms with Gasteiger partial charge in [-0.25, -0.2) is 23.9 Å². The summed E-state index contributed by atoms with van der Waals surface area (Å²) < 4.78 is 52.9. The second-order valence-electron chi connectivity index (χ2n) is 17.1. The molecular formula is C60H59FLiN9O17. The summed E-state index contributed by atoms with van der Waals surface area (Å²) in [4.78, 5) is 65.3. The molecule has 7 N–H and O–H groups in total. The molecule has 26 nitrogen and oxygen atoms in total. The number of methoxy groups -OCH3 is 8. The van der Waals surface area contributed by atoms with Crippen molar-refractivity contribution in [3.8, 4) is 28.7 Å². The molecule has 0 aliphatic carbocycles. The molecule has 0 aliphatic rings. The summed E-state index contributed by atoms with van der Waals surface area (Å²) in [6.45, 7) is 0. The molecule has 9 rings (SSSR count). The van der Waals surface area contributed by atoms with Crippen LogP contribution in [0, 0.1) is 26.0 Å². The summed E-state index contributed by atoms with van der Waals surface area (Å²) in [7, 11) is 11.5. The third-order valence-corrected chi connectivity index (χ3v) is 11.7. The van der Waals surface area contributed by atoms with Gasteiger partial charge >= 0.3 is 48.4 Å². The standard InChI is InChI=1S/C15H13N3O3.C15H14N2O5.C15H16N2O3.C8H6FNO4.C7H9NO.Li.H2O/c1-20-12-6-4-11(5-7-12)18-14-8-3-10(15(19)21-2)9-13(14)16-17-18;1-21-12-6-4-11(5-7-12)16-13-8-3-10(15(18)22-2)9-14(13)17(19)20;1-19-12-6-4-11(5-7-12)17-14-8-3-10(9-13(14)16)15(18)20-2;1-14-8(11)5-2-3-6(9)7(4-5)10(12)13;1-9-7-4-2-6(8)3-5-7;;/h3-9H,1-2H3;3-9,16H,1-2H3;3-9,17H,16H2,1-2H3;2-4H,1H3;2-5H,8H2,1H3;;1H2/q;;;;;+1;/p-1. The number of fused-ring (bicyclic) bond motifs is 1. The van der Waals surface area contributed by atoms with Crippen molar-refractivity contribution in [2.75, 3.05) is 79.0 Å². The minimum absolute atomic E-state index is 0. The van der Waals surface area contributed by atoms with Gasteiger partial charge in [-0.15, -0.1) is 5.10 Å². The molecule has 88 heavy (non-hydrogen) atoms. The fourth-order valence-corrected chi connectivity index (χ4v) is 7.20. The first-order valence-corrected chi connectivity index (χ1v) is 25.0. The number of carbonyl (C=O) groups excluding carboxylic acids is 4. The van der Waals surface area contributed by atoms with Gasteiger partial charge < -0.3 is 65.5 Å². The number of nitrogen functional groups attached to an aromatic ring is 2. The molecule has 0 spiro atoms. The minimum atomic E-state index is -0.984. The van der Waals surface area contributed by atoms with Crippen LogP contribution in [0.4, 0.5) is 49.9 Å². The number of benzene rings is 8. The van der Waals surface area contributed by atoms with E-state index < -0.39 is 45.2 Å². The number of anilines is 6. The molecule has 0 radical (unpaired) electrons. The maximum absolute atomic E-state index is 12.8. The number of nitrogens with two attached hydrogens (primary N) is 2. The predicted octanol–water partition coefficient (Wildman–Crippen LogP) is 7.78. The molecular weight excluding hydrogens is 1140 g/mol. The SMILES string of the molecule is COC(=O)c1ccc(F)c([N+](=O)[O-])c1.COC(=O)c1ccc(Nc2ccc(OC)cc2)c(N)c1.COC(=O)c1ccc(Nc2ccc(OC)cc2)c([N+](=O)[O-])c1.COC(=O)c1ccc2c(c1)nnn2-c1ccc(OC)cc1.COc1ccc(N)cc1.[Li+].[OH-]. The third kappa shape index (κ3) is 20.2. The van der Waals surface area contributed by atoms with Crippen molar-refractivity contribution in [2.24, 2.45) is 0 Å². The van der Waals surface area contributed by atoms with Crippen LogP contribution in [0.2, 0.25) is 0 Å². The largest absolute Gasteiger partial charge is 1.00 e. The van der Waals surface area contributed by atoms with E-state index in [0.29, 0.717) is 33.8 Å². The molecule has 0 amide bonds. The molecule has 0 unspecified atom stereocenters. The Balaban J connectivity index is 0.000000293. The van der Waals surface area contributed by atoms with Crippen molar-refractivity contribution in [3.63, 3.8) is 0 Å². The van der Waals surface area contributed by atoms with Crippen LogP contribution in [0.1, 0.15) is 41.4 Å². The molecule has 1 aromatic heterocycles. The fraction of sp³-hybridized carbons (Fsp3) is 0.133. The van der Waals surface area contributed by atoms with Gasteiger partial charge in [-0.3, -0.25) is 20.2 Å². The smallest absolute Gasteiger partial charge is 0.870 e. The zero-order valence-corrected chi connectivity index (χ0v) is 48.9. The number of nitrogens with zero attached hydrogens (tertiary/aromatic N) is 5. The number of aromatic nitrogens is 3. The van der Waals surface area contributed by atoms with E-state index in [4.69, 9.17) is 35.2 Å². The zero-order chi connectivity index (χ0) is 62.9. The molecule has 0 saturated heterocycles. The van der Waals surface area contributed by atoms with E-state index >= 15 is 0 Å². The number of hydrogen-bond acceptors (Lipinski definition) is 23. The Morgan fingerprint density at radius 2 is 0.841 bits per heavy atom. The van der Waals surface area contributed by atoms with E-state index in [1.54, 1.807) is 106 Å². The third-order valence-electron chi connectivity index (χ3n) is 11.7. The van der Waals surface area contributed by atoms with E-state index in [0.717, 1.165) is 70.8 Å². The summed E-state index contributed by atoms with van der Waals surface area (Å²) in [5.41, 5.74) is 17.4. The molecule has 454 valence electrons. The molecule has 0 saturated carbocycles. The van der Waals surface area contributed by atoms with Gasteiger partial charge in [0.05, 0.1) is 112 Å². The van der Waals surface area contributed by atoms with Crippen molar-refractivity contribution >= 4 is 80.4 Å². The van der Waals surface area contributed by atoms with Crippen molar-refractivity contribution < 1.29 is 95.6 Å². The molecule has 8 aromatic carbocycles. The first-order chi connectivity index (χ1) is 41.3. The number of carbonyl (C=O) groups is 4. The first-order valence-electron chi connectivity index (χ1n) is 25.0. The molecule has 0 atom stereocenters. The van der Waals surface area contributed by atoms with E-state index in [2.05, 4.69) is 35.2 Å². The summed E-state index contributed by atoms with van der Waals surface area (Å²) in [6, 6.07) is 46.2. The van der Waals surface area contributed by atoms with Crippen LogP contribution in [0.5, 0.6) is 23.0 Å². The Hall–Kier alpha value is -11.3. The number of nitrogens with one attached hydrogen (secondary N) is 2. The van der Waals surface area contributed by atoms with Crippen molar-refractivity contribution in [2.45, 2.75) is 0 Å². The van der Waals surface area contributed by atoms with Crippen LogP contribution in [0.25, 0.3) is 16.7 Å². The molecule has 0 aliphatic heterocycles. The van der Waals surface area contributed by atoms with Gasteiger partial charge in [-0.1, -0.05) is 5.21 Å². The van der Waals surface area contributed by atoms with E-state index in [1.807, 2.05) is 60.7 Å². The Morgan fingerprint density at radius 3 is 1.26 bits per heavy atom. The molecule has 28 heteroatoms. The number of hydrogen-bond donors (Lipinski definition) is 4. The van der Waals surface area contributed by atoms with Crippen molar-refractivity contribution in [1.82, 2.24) is 15.0 Å². The zero-order valence-electron chi connectivity index (χ0n) is 48.9. The van der Waals surface area contributed by atoms with Crippen LogP contribution in [0.15, 0.2) is 170 Å². The molecule has 1 heterocycles. The number of nitro benzene ring substituents is 2. The van der Waals surface area contributed by atoms with Crippen molar-refractivity contribution in [3.05, 3.63) is 218 Å². The van der Waals surface area contributed by atoms with Crippen LogP contribution in [-0.2, 0) is 18.9 Å². The topological polar surface area (TPSA) is 365 Å². The second kappa shape index (κ2) is 35.1. The minimum Gasteiger partial charge on any atom is -0.870 e. The van der Waals surface area contributed by atoms with E-state index in [-0.39, 0.29) is 46.8 Å². The van der Waals surface area contributed by atoms with Gasteiger partial charge in [-0.05, 0) is 158 Å². The first kappa shape index (κ1) is 71.0. The maximum Gasteiger partial charge on any atom is 1.00 e. The van der Waals surface area contributed by atoms with Crippen LogP contribution in [0.3, 0.4) is 0 Å². The monoisotopic (exact) mass is 1200 g/mol. The Kier molecular flexibility index (Phi) is 28.3.